The maximum Gasteiger partial charge on any atom is 0.205 e. The second-order valence-corrected chi connectivity index (χ2v) is 4.93. The van der Waals surface area contributed by atoms with Crippen molar-refractivity contribution in [3.63, 3.8) is 0 Å². The molecular weight excluding hydrogens is 258 g/mol. The fourth-order valence-electron chi connectivity index (χ4n) is 1.51. The maximum absolute atomic E-state index is 9.54. The van der Waals surface area contributed by atoms with Gasteiger partial charge in [-0.2, -0.15) is 0 Å². The number of H-pyrrole nitrogens is 1. The highest BCUT2D eigenvalue weighted by Crippen LogP contribution is 2.33. The first-order valence-electron chi connectivity index (χ1n) is 5.86. The molecule has 0 saturated carbocycles. The van der Waals surface area contributed by atoms with Crippen LogP contribution in [0.1, 0.15) is 5.56 Å². The molecule has 0 aliphatic heterocycles. The molecule has 4 heteroatoms. The Bertz CT molecular complexity index is 569. The minimum Gasteiger partial charge on any atom is -0.494 e. The Morgan fingerprint density at radius 3 is 2.00 bits per heavy atom. The third-order valence-corrected chi connectivity index (χ3v) is 3.53. The second-order valence-electron chi connectivity index (χ2n) is 3.91. The van der Waals surface area contributed by atoms with Crippen LogP contribution in [-0.4, -0.2) is 15.2 Å². The molecule has 3 N–H and O–H groups in total. The maximum atomic E-state index is 9.54. The lowest BCUT2D eigenvalue weighted by molar-refractivity contribution is 0.421. The van der Waals surface area contributed by atoms with Gasteiger partial charge in [0.25, 0.3) is 0 Å². The van der Waals surface area contributed by atoms with Crippen LogP contribution in [-0.2, 0) is 5.75 Å². The van der Waals surface area contributed by atoms with Crippen molar-refractivity contribution in [2.45, 2.75) is 10.6 Å². The highest BCUT2D eigenvalue weighted by atomic mass is 32.2. The van der Waals surface area contributed by atoms with Crippen molar-refractivity contribution in [3.05, 3.63) is 66.2 Å². The van der Waals surface area contributed by atoms with E-state index in [0.29, 0.717) is 10.6 Å². The van der Waals surface area contributed by atoms with Gasteiger partial charge in [0.05, 0.1) is 4.90 Å². The molecule has 2 rings (SSSR count). The zero-order chi connectivity index (χ0) is 13.5. The van der Waals surface area contributed by atoms with Gasteiger partial charge in [0, 0.05) is 11.8 Å². The fraction of sp³-hybridized carbons (Fsp3) is 0.0667. The van der Waals surface area contributed by atoms with Crippen LogP contribution >= 0.6 is 11.8 Å². The summed E-state index contributed by atoms with van der Waals surface area (Å²) < 4.78 is 0. The number of aromatic hydroxyl groups is 2. The summed E-state index contributed by atoms with van der Waals surface area (Å²) in [6.45, 7) is 0. The predicted octanol–water partition coefficient (Wildman–Crippen LogP) is 3.84. The number of hydrogen-bond acceptors (Lipinski definition) is 3. The Labute approximate surface area is 116 Å². The average Bonchev–Trinajstić information content (AvgIpc) is 2.72. The fourth-order valence-corrected chi connectivity index (χ4v) is 2.41. The molecular formula is C15H15NO2S. The normalized spacial score (nSPS) is 9.89. The van der Waals surface area contributed by atoms with Crippen molar-refractivity contribution in [2.24, 2.45) is 0 Å². The van der Waals surface area contributed by atoms with Gasteiger partial charge in [0.15, 0.2) is 5.88 Å². The van der Waals surface area contributed by atoms with E-state index in [1.54, 1.807) is 0 Å². The molecule has 2 aromatic rings. The molecule has 98 valence electrons. The van der Waals surface area contributed by atoms with Crippen LogP contribution in [0, 0.1) is 0 Å². The monoisotopic (exact) mass is 273 g/mol. The third kappa shape index (κ3) is 4.26. The number of nitrogens with one attached hydrogen (secondary N) is 1. The summed E-state index contributed by atoms with van der Waals surface area (Å²) in [5, 5.41) is 18.8. The summed E-state index contributed by atoms with van der Waals surface area (Å²) in [5.74, 6) is 0.692. The van der Waals surface area contributed by atoms with Crippen LogP contribution in [0.2, 0.25) is 0 Å². The molecule has 0 unspecified atom stereocenters. The molecule has 0 fully saturated rings. The number of thioether (sulfide) groups is 1. The van der Waals surface area contributed by atoms with Crippen LogP contribution in [0.25, 0.3) is 0 Å². The molecule has 0 bridgehead atoms. The van der Waals surface area contributed by atoms with Crippen molar-refractivity contribution in [2.75, 3.05) is 0 Å². The first-order chi connectivity index (χ1) is 9.25. The van der Waals surface area contributed by atoms with E-state index in [2.05, 4.69) is 4.98 Å². The third-order valence-electron chi connectivity index (χ3n) is 2.43. The number of rotatable bonds is 3. The van der Waals surface area contributed by atoms with E-state index in [1.165, 1.54) is 17.8 Å². The topological polar surface area (TPSA) is 56.2 Å². The Morgan fingerprint density at radius 2 is 1.47 bits per heavy atom. The van der Waals surface area contributed by atoms with Crippen LogP contribution in [0.5, 0.6) is 11.8 Å². The summed E-state index contributed by atoms with van der Waals surface area (Å²) in [5.41, 5.74) is 1.13. The molecule has 0 aliphatic rings. The Kier molecular flexibility index (Phi) is 4.75. The molecule has 0 radical (unpaired) electrons. The predicted molar refractivity (Wildman–Crippen MR) is 77.8 cm³/mol. The van der Waals surface area contributed by atoms with E-state index in [4.69, 9.17) is 0 Å². The van der Waals surface area contributed by atoms with Crippen LogP contribution in [0.15, 0.2) is 65.6 Å². The van der Waals surface area contributed by atoms with Crippen molar-refractivity contribution in [1.29, 1.82) is 0 Å². The molecule has 3 nitrogen and oxygen atoms in total. The second kappa shape index (κ2) is 6.75. The standard InChI is InChI=1S/C15H15NO2S/c17-14-10-13(15(18)16-14)19-11-12-8-6-4-2-1-3-5-7-9-12/h1-10,16-18H,11H2. The van der Waals surface area contributed by atoms with E-state index in [0.717, 1.165) is 5.56 Å². The molecule has 0 amide bonds. The van der Waals surface area contributed by atoms with Gasteiger partial charge in [0.2, 0.25) is 5.88 Å². The van der Waals surface area contributed by atoms with Gasteiger partial charge in [-0.05, 0) is 5.56 Å². The minimum absolute atomic E-state index is 0.00492. The summed E-state index contributed by atoms with van der Waals surface area (Å²) >= 11 is 1.47. The summed E-state index contributed by atoms with van der Waals surface area (Å²) in [4.78, 5) is 3.10. The molecule has 1 aromatic carbocycles. The Morgan fingerprint density at radius 1 is 0.895 bits per heavy atom. The SMILES string of the molecule is Oc1cc(SCc2ccccccccc2)c(O)[nH]1. The smallest absolute Gasteiger partial charge is 0.205 e. The van der Waals surface area contributed by atoms with Gasteiger partial charge in [-0.1, -0.05) is 54.6 Å². The van der Waals surface area contributed by atoms with Gasteiger partial charge in [-0.3, -0.25) is 4.98 Å². The molecule has 0 atom stereocenters. The molecule has 19 heavy (non-hydrogen) atoms. The molecule has 1 aromatic heterocycles. The van der Waals surface area contributed by atoms with Crippen molar-refractivity contribution >= 4 is 11.8 Å². The lowest BCUT2D eigenvalue weighted by atomic mass is 10.3. The van der Waals surface area contributed by atoms with E-state index in [-0.39, 0.29) is 11.8 Å². The first-order valence-corrected chi connectivity index (χ1v) is 6.85. The zero-order valence-corrected chi connectivity index (χ0v) is 11.1. The highest BCUT2D eigenvalue weighted by molar-refractivity contribution is 7.98. The van der Waals surface area contributed by atoms with Crippen molar-refractivity contribution in [1.82, 2.24) is 4.98 Å². The Balaban J connectivity index is 2.13. The van der Waals surface area contributed by atoms with Gasteiger partial charge < -0.3 is 10.2 Å². The number of hydrogen-bond donors (Lipinski definition) is 3. The molecule has 0 spiro atoms. The van der Waals surface area contributed by atoms with Gasteiger partial charge in [-0.15, -0.1) is 11.8 Å². The molecule has 0 aliphatic carbocycles. The van der Waals surface area contributed by atoms with E-state index >= 15 is 0 Å². The van der Waals surface area contributed by atoms with Gasteiger partial charge >= 0.3 is 0 Å². The van der Waals surface area contributed by atoms with E-state index in [1.807, 2.05) is 54.6 Å². The summed E-state index contributed by atoms with van der Waals surface area (Å²) in [6.07, 6.45) is 0. The average molecular weight is 273 g/mol. The zero-order valence-electron chi connectivity index (χ0n) is 10.3. The number of aromatic nitrogens is 1. The molecule has 0 saturated heterocycles. The van der Waals surface area contributed by atoms with Gasteiger partial charge in [0.1, 0.15) is 0 Å². The Hall–Kier alpha value is -2.07. The summed E-state index contributed by atoms with van der Waals surface area (Å²) in [7, 11) is 0. The number of aromatic amines is 1. The van der Waals surface area contributed by atoms with Crippen LogP contribution < -0.4 is 0 Å². The quantitative estimate of drug-likeness (QED) is 0.745. The lowest BCUT2D eigenvalue weighted by Crippen LogP contribution is -1.76. The first kappa shape index (κ1) is 13.4. The minimum atomic E-state index is -0.0246. The van der Waals surface area contributed by atoms with Gasteiger partial charge in [-0.25, -0.2) is 0 Å². The van der Waals surface area contributed by atoms with Crippen molar-refractivity contribution in [3.8, 4) is 11.8 Å². The summed E-state index contributed by atoms with van der Waals surface area (Å²) in [6, 6.07) is 19.3. The molecule has 1 heterocycles. The largest absolute Gasteiger partial charge is 0.494 e. The van der Waals surface area contributed by atoms with Crippen LogP contribution in [0.3, 0.4) is 0 Å². The van der Waals surface area contributed by atoms with Crippen molar-refractivity contribution < 1.29 is 10.2 Å². The lowest BCUT2D eigenvalue weighted by Gasteiger charge is -1.98. The van der Waals surface area contributed by atoms with E-state index < -0.39 is 0 Å². The van der Waals surface area contributed by atoms with Crippen LogP contribution in [0.4, 0.5) is 0 Å². The van der Waals surface area contributed by atoms with E-state index in [9.17, 15) is 10.2 Å². The highest BCUT2D eigenvalue weighted by Gasteiger charge is 2.06.